The average molecular weight is 612 g/mol. The Morgan fingerprint density at radius 1 is 1.16 bits per heavy atom. The number of rotatable bonds is 15. The van der Waals surface area contributed by atoms with Gasteiger partial charge in [-0.15, -0.1) is 0 Å². The van der Waals surface area contributed by atoms with Crippen molar-refractivity contribution in [3.05, 3.63) is 47.2 Å². The van der Waals surface area contributed by atoms with Crippen molar-refractivity contribution in [3.63, 3.8) is 0 Å². The first-order chi connectivity index (χ1) is 20.2. The highest BCUT2D eigenvalue weighted by Gasteiger charge is 2.47. The molecule has 1 aliphatic heterocycles. The van der Waals surface area contributed by atoms with Crippen molar-refractivity contribution in [1.82, 2.24) is 0 Å². The van der Waals surface area contributed by atoms with E-state index in [1.54, 1.807) is 6.07 Å². The predicted molar refractivity (Wildman–Crippen MR) is 156 cm³/mol. The van der Waals surface area contributed by atoms with Gasteiger partial charge in [-0.3, -0.25) is 4.79 Å². The lowest BCUT2D eigenvalue weighted by molar-refractivity contribution is -0.241. The molecule has 2 aliphatic rings. The number of aryl methyl sites for hydroxylation is 1. The molecule has 0 fully saturated rings. The highest BCUT2D eigenvalue weighted by Crippen LogP contribution is 2.51. The molecule has 0 radical (unpaired) electrons. The molecule has 10 heteroatoms. The summed E-state index contributed by atoms with van der Waals surface area (Å²) in [5.41, 5.74) is 7.93. The number of alkyl halides is 4. The van der Waals surface area contributed by atoms with Crippen LogP contribution in [-0.2, 0) is 20.7 Å². The normalized spacial score (nSPS) is 19.2. The van der Waals surface area contributed by atoms with Crippen LogP contribution in [0.15, 0.2) is 36.1 Å². The van der Waals surface area contributed by atoms with Crippen molar-refractivity contribution in [2.75, 3.05) is 6.54 Å². The van der Waals surface area contributed by atoms with E-state index in [1.165, 1.54) is 0 Å². The van der Waals surface area contributed by atoms with Crippen LogP contribution < -0.4 is 15.2 Å². The average Bonchev–Trinajstić information content (AvgIpc) is 2.91. The fourth-order valence-corrected chi connectivity index (χ4v) is 5.81. The van der Waals surface area contributed by atoms with Crippen molar-refractivity contribution in [1.29, 1.82) is 0 Å². The number of carbonyl (C=O) groups excluding carboxylic acids is 2. The van der Waals surface area contributed by atoms with Crippen molar-refractivity contribution in [3.8, 4) is 11.5 Å². The number of allylic oxidation sites excluding steroid dienone is 3. The predicted octanol–water partition coefficient (Wildman–Crippen LogP) is 8.23. The number of hydrogen-bond acceptors (Lipinski definition) is 6. The standard InChI is InChI=1S/C33H45F4NO5/c1-6-7-8-9-23-16-27-30(26-15-21(4)10-11-25(26)22(5)41-27)28(17-23)42-31(40)32(34,35)12-13-33(36,37)43-29(39)18-24(19-38)14-20(2)3/h15-17,20,24-26H,5-14,18-19,38H2,1-4H3/t24-,25-,26+/m0/s1. The highest BCUT2D eigenvalue weighted by atomic mass is 19.3. The molecular weight excluding hydrogens is 566 g/mol. The van der Waals surface area contributed by atoms with E-state index in [1.807, 2.05) is 32.9 Å². The molecule has 0 saturated heterocycles. The molecule has 43 heavy (non-hydrogen) atoms. The summed E-state index contributed by atoms with van der Waals surface area (Å²) >= 11 is 0. The van der Waals surface area contributed by atoms with Crippen LogP contribution in [0.25, 0.3) is 0 Å². The Hall–Kier alpha value is -2.88. The molecule has 2 N–H and O–H groups in total. The lowest BCUT2D eigenvalue weighted by atomic mass is 9.74. The first kappa shape index (κ1) is 34.6. The topological polar surface area (TPSA) is 87.9 Å². The minimum Gasteiger partial charge on any atom is -0.462 e. The molecule has 240 valence electrons. The van der Waals surface area contributed by atoms with Gasteiger partial charge in [0.25, 0.3) is 0 Å². The molecular formula is C33H45F4NO5. The molecule has 1 heterocycles. The monoisotopic (exact) mass is 611 g/mol. The number of unbranched alkanes of at least 4 members (excludes halogenated alkanes) is 2. The molecule has 0 saturated carbocycles. The molecule has 0 aromatic heterocycles. The van der Waals surface area contributed by atoms with Gasteiger partial charge in [-0.25, -0.2) is 4.79 Å². The van der Waals surface area contributed by atoms with Crippen molar-refractivity contribution in [2.45, 2.75) is 110 Å². The molecule has 3 rings (SSSR count). The molecule has 3 atom stereocenters. The SMILES string of the molecule is C=C1Oc2cc(CCCCC)cc(OC(=O)C(F)(F)CCC(F)(F)OC(=O)C[C@@H](CN)CC(C)C)c2[C@@H]2C=C(C)CC[C@@H]12. The van der Waals surface area contributed by atoms with Gasteiger partial charge in [-0.05, 0) is 75.1 Å². The Balaban J connectivity index is 1.77. The summed E-state index contributed by atoms with van der Waals surface area (Å²) in [6.45, 7) is 12.0. The maximum atomic E-state index is 15.0. The Kier molecular flexibility index (Phi) is 11.9. The van der Waals surface area contributed by atoms with Crippen LogP contribution in [0, 0.1) is 17.8 Å². The zero-order valence-corrected chi connectivity index (χ0v) is 25.7. The minimum atomic E-state index is -4.27. The van der Waals surface area contributed by atoms with E-state index in [0.29, 0.717) is 29.9 Å². The molecule has 0 unspecified atom stereocenters. The van der Waals surface area contributed by atoms with Crippen LogP contribution in [0.3, 0.4) is 0 Å². The van der Waals surface area contributed by atoms with Crippen molar-refractivity contribution in [2.24, 2.45) is 23.5 Å². The number of benzene rings is 1. The van der Waals surface area contributed by atoms with Crippen LogP contribution in [0.1, 0.15) is 103 Å². The second kappa shape index (κ2) is 14.7. The minimum absolute atomic E-state index is 0.0710. The van der Waals surface area contributed by atoms with Gasteiger partial charge < -0.3 is 19.9 Å². The van der Waals surface area contributed by atoms with Gasteiger partial charge in [0.1, 0.15) is 17.3 Å². The summed E-state index contributed by atoms with van der Waals surface area (Å²) in [5, 5.41) is 0. The second-order valence-electron chi connectivity index (χ2n) is 12.4. The molecule has 1 aromatic rings. The molecule has 1 aliphatic carbocycles. The van der Waals surface area contributed by atoms with Crippen molar-refractivity contribution < 1.29 is 41.4 Å². The van der Waals surface area contributed by atoms with E-state index in [2.05, 4.69) is 18.2 Å². The summed E-state index contributed by atoms with van der Waals surface area (Å²) in [6.07, 6.45) is -0.191. The lowest BCUT2D eigenvalue weighted by Gasteiger charge is -2.37. The molecule has 1 aromatic carbocycles. The first-order valence-corrected chi connectivity index (χ1v) is 15.3. The summed E-state index contributed by atoms with van der Waals surface area (Å²) < 4.78 is 74.3. The van der Waals surface area contributed by atoms with E-state index in [-0.39, 0.29) is 42.4 Å². The number of ether oxygens (including phenoxy) is 3. The van der Waals surface area contributed by atoms with E-state index >= 15 is 0 Å². The van der Waals surface area contributed by atoms with Crippen LogP contribution in [0.2, 0.25) is 0 Å². The Labute approximate surface area is 252 Å². The van der Waals surface area contributed by atoms with Crippen LogP contribution in [-0.4, -0.2) is 30.5 Å². The van der Waals surface area contributed by atoms with Gasteiger partial charge in [0, 0.05) is 30.2 Å². The molecule has 6 nitrogen and oxygen atoms in total. The summed E-state index contributed by atoms with van der Waals surface area (Å²) in [7, 11) is 0. The highest BCUT2D eigenvalue weighted by molar-refractivity contribution is 5.80. The second-order valence-corrected chi connectivity index (χ2v) is 12.4. The van der Waals surface area contributed by atoms with Crippen LogP contribution in [0.5, 0.6) is 11.5 Å². The number of nitrogens with two attached hydrogens (primary N) is 1. The van der Waals surface area contributed by atoms with Crippen LogP contribution >= 0.6 is 0 Å². The fraction of sp³-hybridized carbons (Fsp3) is 0.636. The Bertz CT molecular complexity index is 1200. The third kappa shape index (κ3) is 9.55. The first-order valence-electron chi connectivity index (χ1n) is 15.3. The summed E-state index contributed by atoms with van der Waals surface area (Å²) in [4.78, 5) is 24.9. The smallest absolute Gasteiger partial charge is 0.400 e. The fourth-order valence-electron chi connectivity index (χ4n) is 5.81. The molecule has 0 bridgehead atoms. The number of halogens is 4. The maximum Gasteiger partial charge on any atom is 0.400 e. The van der Waals surface area contributed by atoms with Gasteiger partial charge in [0.05, 0.1) is 6.42 Å². The lowest BCUT2D eigenvalue weighted by Crippen LogP contribution is -2.37. The van der Waals surface area contributed by atoms with Gasteiger partial charge in [0.15, 0.2) is 0 Å². The number of fused-ring (bicyclic) bond motifs is 3. The van der Waals surface area contributed by atoms with E-state index in [9.17, 15) is 27.2 Å². The van der Waals surface area contributed by atoms with E-state index < -0.39 is 36.8 Å². The quantitative estimate of drug-likeness (QED) is 0.0707. The van der Waals surface area contributed by atoms with Gasteiger partial charge in [-0.2, -0.15) is 17.6 Å². The Morgan fingerprint density at radius 3 is 2.53 bits per heavy atom. The van der Waals surface area contributed by atoms with Gasteiger partial charge >= 0.3 is 24.0 Å². The Morgan fingerprint density at radius 2 is 1.88 bits per heavy atom. The van der Waals surface area contributed by atoms with Crippen molar-refractivity contribution >= 4 is 11.9 Å². The molecule has 0 amide bonds. The van der Waals surface area contributed by atoms with Gasteiger partial charge in [0.2, 0.25) is 0 Å². The molecule has 0 spiro atoms. The maximum absolute atomic E-state index is 15.0. The third-order valence-electron chi connectivity index (χ3n) is 8.06. The van der Waals surface area contributed by atoms with Gasteiger partial charge in [-0.1, -0.05) is 51.8 Å². The van der Waals surface area contributed by atoms with E-state index in [0.717, 1.165) is 43.2 Å². The van der Waals surface area contributed by atoms with Crippen LogP contribution in [0.4, 0.5) is 17.6 Å². The third-order valence-corrected chi connectivity index (χ3v) is 8.06. The van der Waals surface area contributed by atoms with E-state index in [4.69, 9.17) is 15.2 Å². The number of hydrogen-bond donors (Lipinski definition) is 1. The zero-order chi connectivity index (χ0) is 31.9. The number of esters is 2. The zero-order valence-electron chi connectivity index (χ0n) is 25.7. The summed E-state index contributed by atoms with van der Waals surface area (Å²) in [6, 6.07) is 3.39. The largest absolute Gasteiger partial charge is 0.462 e. The number of carbonyl (C=O) groups is 2. The summed E-state index contributed by atoms with van der Waals surface area (Å²) in [5.74, 6) is -7.16.